The number of likely N-dealkylation sites (tertiary alicyclic amines) is 1. The third-order valence-corrected chi connectivity index (χ3v) is 8.48. The van der Waals surface area contributed by atoms with Crippen molar-refractivity contribution in [1.82, 2.24) is 4.90 Å². The first kappa shape index (κ1) is 28.9. The van der Waals surface area contributed by atoms with E-state index in [0.717, 1.165) is 11.2 Å². The smallest absolute Gasteiger partial charge is 0.321 e. The SMILES string of the molecule is CC(C)(C)C[C@@H]1N(C(C(N)=O)S(C)(=O)=O)[C@@H](C(=O)O)[C@H](c2cccc(Cl)c2)[C@@]1(C#N)c1ccc(Cl)cc1. The van der Waals surface area contributed by atoms with Gasteiger partial charge < -0.3 is 10.8 Å². The largest absolute Gasteiger partial charge is 0.480 e. The van der Waals surface area contributed by atoms with Crippen LogP contribution in [0.15, 0.2) is 48.5 Å². The second kappa shape index (κ2) is 10.3. The molecule has 1 aliphatic rings. The molecule has 2 aromatic rings. The Bertz CT molecular complexity index is 1350. The topological polar surface area (TPSA) is 142 Å². The van der Waals surface area contributed by atoms with Crippen molar-refractivity contribution in [1.29, 1.82) is 5.26 Å². The molecule has 1 amide bonds. The molecule has 8 nitrogen and oxygen atoms in total. The lowest BCUT2D eigenvalue weighted by Crippen LogP contribution is -2.58. The van der Waals surface area contributed by atoms with E-state index in [1.54, 1.807) is 48.5 Å². The Morgan fingerprint density at radius 1 is 1.16 bits per heavy atom. The molecule has 11 heteroatoms. The Morgan fingerprint density at radius 3 is 2.19 bits per heavy atom. The number of hydrogen-bond donors (Lipinski definition) is 2. The summed E-state index contributed by atoms with van der Waals surface area (Å²) in [6.45, 7) is 5.66. The van der Waals surface area contributed by atoms with Crippen molar-refractivity contribution in [2.45, 2.75) is 56.0 Å². The van der Waals surface area contributed by atoms with E-state index >= 15 is 0 Å². The molecule has 198 valence electrons. The molecule has 3 rings (SSSR count). The van der Waals surface area contributed by atoms with Gasteiger partial charge in [-0.3, -0.25) is 14.5 Å². The minimum absolute atomic E-state index is 0.170. The number of hydrogen-bond acceptors (Lipinski definition) is 6. The summed E-state index contributed by atoms with van der Waals surface area (Å²) >= 11 is 12.4. The maximum absolute atomic E-state index is 13.0. The third kappa shape index (κ3) is 5.48. The highest BCUT2D eigenvalue weighted by Gasteiger charge is 2.66. The van der Waals surface area contributed by atoms with Gasteiger partial charge in [-0.05, 0) is 47.2 Å². The maximum Gasteiger partial charge on any atom is 0.321 e. The van der Waals surface area contributed by atoms with E-state index in [2.05, 4.69) is 6.07 Å². The van der Waals surface area contributed by atoms with Crippen molar-refractivity contribution in [3.63, 3.8) is 0 Å². The predicted molar refractivity (Wildman–Crippen MR) is 142 cm³/mol. The van der Waals surface area contributed by atoms with Gasteiger partial charge in [-0.25, -0.2) is 8.42 Å². The summed E-state index contributed by atoms with van der Waals surface area (Å²) in [5.74, 6) is -3.74. The monoisotopic (exact) mass is 565 g/mol. The summed E-state index contributed by atoms with van der Waals surface area (Å²) in [4.78, 5) is 26.8. The van der Waals surface area contributed by atoms with Crippen LogP contribution in [0.2, 0.25) is 10.0 Å². The molecule has 1 fully saturated rings. The Hall–Kier alpha value is -2.64. The van der Waals surface area contributed by atoms with Crippen LogP contribution in [-0.2, 0) is 24.8 Å². The summed E-state index contributed by atoms with van der Waals surface area (Å²) in [5, 5.41) is 20.2. The average Bonchev–Trinajstić information content (AvgIpc) is 3.02. The van der Waals surface area contributed by atoms with E-state index in [0.29, 0.717) is 21.2 Å². The van der Waals surface area contributed by atoms with Gasteiger partial charge >= 0.3 is 5.97 Å². The van der Waals surface area contributed by atoms with Crippen LogP contribution in [0.5, 0.6) is 0 Å². The predicted octanol–water partition coefficient (Wildman–Crippen LogP) is 3.97. The summed E-state index contributed by atoms with van der Waals surface area (Å²) in [7, 11) is -4.23. The van der Waals surface area contributed by atoms with Gasteiger partial charge in [0.25, 0.3) is 5.91 Å². The number of amides is 1. The van der Waals surface area contributed by atoms with E-state index in [-0.39, 0.29) is 6.42 Å². The van der Waals surface area contributed by atoms with Gasteiger partial charge in [0.15, 0.2) is 15.2 Å². The highest BCUT2D eigenvalue weighted by Crippen LogP contribution is 2.56. The van der Waals surface area contributed by atoms with Crippen molar-refractivity contribution >= 4 is 44.9 Å². The number of aliphatic carboxylic acids is 1. The van der Waals surface area contributed by atoms with Gasteiger partial charge in [0, 0.05) is 28.3 Å². The average molecular weight is 567 g/mol. The zero-order valence-electron chi connectivity index (χ0n) is 20.9. The Labute approximate surface area is 226 Å². The summed E-state index contributed by atoms with van der Waals surface area (Å²) < 4.78 is 25.9. The minimum atomic E-state index is -4.23. The summed E-state index contributed by atoms with van der Waals surface area (Å²) in [6, 6.07) is 12.6. The number of benzene rings is 2. The number of sulfone groups is 1. The standard InChI is InChI=1S/C26H29Cl2N3O5S/c1-25(2,3)13-19-26(14-29,16-8-10-17(27)11-9-16)20(15-6-5-7-18(28)12-15)21(24(33)34)31(19)23(22(30)32)37(4,35)36/h5-12,19-21,23H,13H2,1-4H3,(H2,30,32)(H,33,34)/t19-,20-,21+,23?,26-/m0/s1. The molecule has 1 aliphatic heterocycles. The van der Waals surface area contributed by atoms with Crippen LogP contribution >= 0.6 is 23.2 Å². The third-order valence-electron chi connectivity index (χ3n) is 6.71. The van der Waals surface area contributed by atoms with Crippen LogP contribution in [0.3, 0.4) is 0 Å². The molecule has 0 radical (unpaired) electrons. The van der Waals surface area contributed by atoms with E-state index < -0.39 is 55.9 Å². The molecule has 0 bridgehead atoms. The second-order valence-corrected chi connectivity index (χ2v) is 13.6. The fraction of sp³-hybridized carbons (Fsp3) is 0.423. The Kier molecular flexibility index (Phi) is 8.02. The van der Waals surface area contributed by atoms with E-state index in [1.807, 2.05) is 20.8 Å². The molecule has 0 aromatic heterocycles. The summed E-state index contributed by atoms with van der Waals surface area (Å²) in [6.07, 6.45) is 1.00. The molecular weight excluding hydrogens is 537 g/mol. The molecule has 2 aromatic carbocycles. The molecular formula is C26H29Cl2N3O5S. The highest BCUT2D eigenvalue weighted by molar-refractivity contribution is 7.92. The number of nitrogens with zero attached hydrogens (tertiary/aromatic N) is 2. The zero-order valence-corrected chi connectivity index (χ0v) is 23.2. The van der Waals surface area contributed by atoms with Crippen LogP contribution in [-0.4, -0.2) is 54.0 Å². The molecule has 37 heavy (non-hydrogen) atoms. The normalized spacial score (nSPS) is 25.4. The van der Waals surface area contributed by atoms with E-state index in [4.69, 9.17) is 28.9 Å². The molecule has 1 unspecified atom stereocenters. The lowest BCUT2D eigenvalue weighted by atomic mass is 9.63. The van der Waals surface area contributed by atoms with Gasteiger partial charge in [-0.15, -0.1) is 0 Å². The number of rotatable bonds is 7. The second-order valence-electron chi connectivity index (χ2n) is 10.6. The lowest BCUT2D eigenvalue weighted by molar-refractivity contribution is -0.144. The Morgan fingerprint density at radius 2 is 1.76 bits per heavy atom. The molecule has 5 atom stereocenters. The number of carboxylic acids is 1. The van der Waals surface area contributed by atoms with Gasteiger partial charge in [0.1, 0.15) is 11.5 Å². The number of carboxylic acid groups (broad SMARTS) is 1. The van der Waals surface area contributed by atoms with Gasteiger partial charge in [0.2, 0.25) is 0 Å². The molecule has 0 aliphatic carbocycles. The van der Waals surface area contributed by atoms with Crippen molar-refractivity contribution in [3.8, 4) is 6.07 Å². The molecule has 1 saturated heterocycles. The highest BCUT2D eigenvalue weighted by atomic mass is 35.5. The van der Waals surface area contributed by atoms with Crippen molar-refractivity contribution in [3.05, 3.63) is 69.7 Å². The van der Waals surface area contributed by atoms with Crippen molar-refractivity contribution in [2.75, 3.05) is 6.26 Å². The van der Waals surface area contributed by atoms with Crippen LogP contribution < -0.4 is 5.73 Å². The van der Waals surface area contributed by atoms with Gasteiger partial charge in [0.05, 0.1) is 6.07 Å². The van der Waals surface area contributed by atoms with E-state index in [9.17, 15) is 28.4 Å². The fourth-order valence-corrected chi connectivity index (χ4v) is 6.98. The van der Waals surface area contributed by atoms with Crippen LogP contribution in [0, 0.1) is 16.7 Å². The molecule has 0 spiro atoms. The fourth-order valence-electron chi connectivity index (χ4n) is 5.51. The van der Waals surface area contributed by atoms with Gasteiger partial charge in [-0.2, -0.15) is 5.26 Å². The van der Waals surface area contributed by atoms with Crippen LogP contribution in [0.25, 0.3) is 0 Å². The molecule has 0 saturated carbocycles. The van der Waals surface area contributed by atoms with Gasteiger partial charge in [-0.1, -0.05) is 68.2 Å². The number of halogens is 2. The molecule has 3 N–H and O–H groups in total. The number of carbonyl (C=O) groups excluding carboxylic acids is 1. The van der Waals surface area contributed by atoms with E-state index in [1.165, 1.54) is 0 Å². The zero-order chi connectivity index (χ0) is 27.9. The first-order valence-electron chi connectivity index (χ1n) is 11.5. The number of primary amides is 1. The quantitative estimate of drug-likeness (QED) is 0.517. The summed E-state index contributed by atoms with van der Waals surface area (Å²) in [5.41, 5.74) is 4.33. The van der Waals surface area contributed by atoms with Crippen LogP contribution in [0.1, 0.15) is 44.2 Å². The minimum Gasteiger partial charge on any atom is -0.480 e. The first-order valence-corrected chi connectivity index (χ1v) is 14.2. The van der Waals surface area contributed by atoms with Crippen molar-refractivity contribution < 1.29 is 23.1 Å². The number of carbonyl (C=O) groups is 2. The Balaban J connectivity index is 2.54. The molecule has 1 heterocycles. The number of nitrogens with two attached hydrogens (primary N) is 1. The first-order chi connectivity index (χ1) is 17.0. The number of nitriles is 1. The maximum atomic E-state index is 13.0. The lowest BCUT2D eigenvalue weighted by Gasteiger charge is -2.40. The van der Waals surface area contributed by atoms with Crippen LogP contribution in [0.4, 0.5) is 0 Å². The van der Waals surface area contributed by atoms with Crippen molar-refractivity contribution in [2.24, 2.45) is 11.1 Å².